The molecule has 1 unspecified atom stereocenters. The second-order valence-electron chi connectivity index (χ2n) is 12.2. The second kappa shape index (κ2) is 15.8. The summed E-state index contributed by atoms with van der Waals surface area (Å²) in [6.45, 7) is 14.1. The monoisotopic (exact) mass is 695 g/mol. The summed E-state index contributed by atoms with van der Waals surface area (Å²) in [5, 5.41) is 2.67. The van der Waals surface area contributed by atoms with Crippen LogP contribution in [0.5, 0.6) is 0 Å². The summed E-state index contributed by atoms with van der Waals surface area (Å²) in [5.41, 5.74) is 11.5. The van der Waals surface area contributed by atoms with E-state index in [0.717, 1.165) is 19.3 Å². The fourth-order valence-corrected chi connectivity index (χ4v) is 7.49. The third-order valence-electron chi connectivity index (χ3n) is 9.14. The van der Waals surface area contributed by atoms with Crippen LogP contribution in [0.4, 0.5) is 0 Å². The molecule has 0 saturated heterocycles. The minimum absolute atomic E-state index is 0. The first-order valence-corrected chi connectivity index (χ1v) is 16.8. The molecule has 6 rings (SSSR count). The number of aryl methyl sites for hydroxylation is 1. The average Bonchev–Trinajstić information content (AvgIpc) is 3.69. The second-order valence-corrected chi connectivity index (χ2v) is 13.4. The van der Waals surface area contributed by atoms with Crippen molar-refractivity contribution in [3.63, 3.8) is 0 Å². The number of rotatable bonds is 7. The normalized spacial score (nSPS) is 17.9. The van der Waals surface area contributed by atoms with Crippen molar-refractivity contribution in [3.05, 3.63) is 153 Å². The van der Waals surface area contributed by atoms with Gasteiger partial charge < -0.3 is 24.8 Å². The van der Waals surface area contributed by atoms with Crippen molar-refractivity contribution < 1.29 is 49.0 Å². The zero-order chi connectivity index (χ0) is 29.9. The number of allylic oxidation sites excluding steroid dienone is 8. The molecule has 0 nitrogen and oxygen atoms in total. The van der Waals surface area contributed by atoms with E-state index in [2.05, 4.69) is 151 Å². The van der Waals surface area contributed by atoms with Crippen molar-refractivity contribution in [2.45, 2.75) is 60.8 Å². The Bertz CT molecular complexity index is 1680. The maximum absolute atomic E-state index is 3.90. The van der Waals surface area contributed by atoms with Crippen LogP contribution in [-0.2, 0) is 30.7 Å². The number of halogens is 2. The standard InChI is InChI=1S/C28H33.C13H10.2ClH.Zr/c1-7-20-13-14-23-22(15-20)16-24-26(23)25(18(3)4)17-28(8-2,19(5)6)27(24)21-11-9-10-12-21;1-3-7-12(8-4-1)11-13-9-5-2-6-10-13;;;/h9-11,13-15,17-19H,7-8,12H2,1-6H3;1-10H;2*1H;/q-1;;;;+2/p-2. The fraction of sp³-hybridized carbons (Fsp3) is 0.293. The third kappa shape index (κ3) is 7.07. The van der Waals surface area contributed by atoms with E-state index in [9.17, 15) is 0 Å². The van der Waals surface area contributed by atoms with Gasteiger partial charge in [-0.1, -0.05) is 100 Å². The van der Waals surface area contributed by atoms with Crippen LogP contribution in [0.15, 0.2) is 125 Å². The van der Waals surface area contributed by atoms with Crippen LogP contribution in [0.3, 0.4) is 0 Å². The van der Waals surface area contributed by atoms with Crippen LogP contribution in [0.1, 0.15) is 71.1 Å². The molecule has 1 atom stereocenters. The van der Waals surface area contributed by atoms with Gasteiger partial charge in [0.15, 0.2) is 0 Å². The van der Waals surface area contributed by atoms with Gasteiger partial charge in [-0.2, -0.15) is 0 Å². The van der Waals surface area contributed by atoms with E-state index in [4.69, 9.17) is 0 Å². The summed E-state index contributed by atoms with van der Waals surface area (Å²) in [5.74, 6) is 1.05. The molecule has 0 radical (unpaired) electrons. The van der Waals surface area contributed by atoms with Gasteiger partial charge in [-0.3, -0.25) is 0 Å². The molecule has 0 amide bonds. The van der Waals surface area contributed by atoms with Crippen molar-refractivity contribution in [1.29, 1.82) is 0 Å². The van der Waals surface area contributed by atoms with E-state index >= 15 is 0 Å². The Morgan fingerprint density at radius 2 is 1.48 bits per heavy atom. The van der Waals surface area contributed by atoms with Gasteiger partial charge in [0.1, 0.15) is 0 Å². The summed E-state index contributed by atoms with van der Waals surface area (Å²) in [4.78, 5) is 0. The summed E-state index contributed by atoms with van der Waals surface area (Å²) < 4.78 is 1.42. The van der Waals surface area contributed by atoms with Crippen molar-refractivity contribution in [2.75, 3.05) is 0 Å². The van der Waals surface area contributed by atoms with Crippen LogP contribution in [0.25, 0.3) is 11.6 Å². The molecule has 0 N–H and O–H groups in total. The summed E-state index contributed by atoms with van der Waals surface area (Å²) in [6, 6.07) is 28.1. The Morgan fingerprint density at radius 1 is 0.864 bits per heavy atom. The van der Waals surface area contributed by atoms with Crippen LogP contribution in [0, 0.1) is 17.3 Å². The third-order valence-corrected chi connectivity index (χ3v) is 10.6. The summed E-state index contributed by atoms with van der Waals surface area (Å²) >= 11 is 1.46. The fourth-order valence-electron chi connectivity index (χ4n) is 6.67. The van der Waals surface area contributed by atoms with Crippen LogP contribution < -0.4 is 35.3 Å². The molecule has 0 aliphatic heterocycles. The molecule has 0 saturated carbocycles. The van der Waals surface area contributed by atoms with E-state index in [1.165, 1.54) is 82.4 Å². The molecule has 226 valence electrons. The SMILES string of the molecule is CCc1ccc2c(c1)=[C-]C1=C(C3=CC=CC3)C(CC)(C(C)C)C=C(C(C)C)C=21.[Cl-].[Cl-].[Zr+2]=[C](c1ccccc1)c1ccccc1. The molecular formula is C41H43Cl2Zr-. The maximum atomic E-state index is 3.90. The molecular weight excluding hydrogens is 655 g/mol. The Morgan fingerprint density at radius 3 is 1.95 bits per heavy atom. The topological polar surface area (TPSA) is 0 Å². The Labute approximate surface area is 292 Å². The molecule has 44 heavy (non-hydrogen) atoms. The van der Waals surface area contributed by atoms with E-state index in [-0.39, 0.29) is 30.2 Å². The Kier molecular flexibility index (Phi) is 13.0. The molecule has 3 heteroatoms. The zero-order valence-electron chi connectivity index (χ0n) is 26.8. The number of hydrogen-bond donors (Lipinski definition) is 0. The van der Waals surface area contributed by atoms with Gasteiger partial charge in [0, 0.05) is 0 Å². The molecule has 0 heterocycles. The predicted molar refractivity (Wildman–Crippen MR) is 177 cm³/mol. The van der Waals surface area contributed by atoms with Gasteiger partial charge in [0.05, 0.1) is 0 Å². The first-order chi connectivity index (χ1) is 20.3. The molecule has 0 bridgehead atoms. The van der Waals surface area contributed by atoms with Gasteiger partial charge >= 0.3 is 99.2 Å². The van der Waals surface area contributed by atoms with Crippen LogP contribution >= 0.6 is 0 Å². The molecule has 3 aliphatic carbocycles. The quantitative estimate of drug-likeness (QED) is 0.334. The van der Waals surface area contributed by atoms with Gasteiger partial charge in [0.2, 0.25) is 0 Å². The van der Waals surface area contributed by atoms with Crippen LogP contribution in [-0.4, -0.2) is 3.21 Å². The predicted octanol–water partition coefficient (Wildman–Crippen LogP) is 2.71. The van der Waals surface area contributed by atoms with Crippen molar-refractivity contribution >= 4 is 14.9 Å². The molecule has 3 aromatic carbocycles. The zero-order valence-corrected chi connectivity index (χ0v) is 30.8. The van der Waals surface area contributed by atoms with Crippen molar-refractivity contribution in [2.24, 2.45) is 17.3 Å². The van der Waals surface area contributed by atoms with Gasteiger partial charge in [-0.05, 0) is 36.5 Å². The average molecular weight is 698 g/mol. The Hall–Kier alpha value is -2.31. The van der Waals surface area contributed by atoms with Crippen molar-refractivity contribution in [3.8, 4) is 0 Å². The Balaban J connectivity index is 0.000000280. The number of benzene rings is 3. The minimum atomic E-state index is 0. The number of fused-ring (bicyclic) bond motifs is 2. The summed E-state index contributed by atoms with van der Waals surface area (Å²) in [7, 11) is 0. The van der Waals surface area contributed by atoms with E-state index < -0.39 is 0 Å². The molecule has 3 aliphatic rings. The van der Waals surface area contributed by atoms with Crippen LogP contribution in [0.2, 0.25) is 0 Å². The van der Waals surface area contributed by atoms with E-state index in [1.54, 1.807) is 0 Å². The first-order valence-electron chi connectivity index (χ1n) is 15.6. The van der Waals surface area contributed by atoms with Gasteiger partial charge in [-0.25, -0.2) is 0 Å². The van der Waals surface area contributed by atoms with E-state index in [1.807, 2.05) is 0 Å². The molecule has 0 fully saturated rings. The number of hydrogen-bond acceptors (Lipinski definition) is 0. The summed E-state index contributed by atoms with van der Waals surface area (Å²) in [6.07, 6.45) is 16.6. The van der Waals surface area contributed by atoms with Gasteiger partial charge in [0.25, 0.3) is 0 Å². The van der Waals surface area contributed by atoms with E-state index in [0.29, 0.717) is 11.8 Å². The molecule has 0 spiro atoms. The van der Waals surface area contributed by atoms with Gasteiger partial charge in [-0.15, -0.1) is 33.7 Å². The molecule has 3 aromatic rings. The first kappa shape index (κ1) is 36.2. The molecule has 0 aromatic heterocycles. The van der Waals surface area contributed by atoms with Crippen molar-refractivity contribution in [1.82, 2.24) is 0 Å².